The number of rotatable bonds is 2. The molecule has 1 saturated carbocycles. The van der Waals surface area contributed by atoms with E-state index in [1.807, 2.05) is 0 Å². The molecule has 2 atom stereocenters. The lowest BCUT2D eigenvalue weighted by Gasteiger charge is -2.19. The van der Waals surface area contributed by atoms with Crippen molar-refractivity contribution < 1.29 is 0 Å². The summed E-state index contributed by atoms with van der Waals surface area (Å²) < 4.78 is 1.30. The van der Waals surface area contributed by atoms with Gasteiger partial charge in [0, 0.05) is 15.3 Å². The van der Waals surface area contributed by atoms with E-state index in [9.17, 15) is 0 Å². The molecule has 0 radical (unpaired) electrons. The predicted octanol–water partition coefficient (Wildman–Crippen LogP) is 4.53. The number of hydrogen-bond donors (Lipinski definition) is 1. The third-order valence-corrected chi connectivity index (χ3v) is 4.18. The second kappa shape index (κ2) is 4.55. The highest BCUT2D eigenvalue weighted by molar-refractivity contribution is 14.1. The predicted molar refractivity (Wildman–Crippen MR) is 78.7 cm³/mol. The molecule has 1 nitrogen and oxygen atoms in total. The fourth-order valence-corrected chi connectivity index (χ4v) is 3.42. The van der Waals surface area contributed by atoms with Gasteiger partial charge in [-0.25, -0.2) is 0 Å². The zero-order valence-electron chi connectivity index (χ0n) is 10.3. The van der Waals surface area contributed by atoms with Gasteiger partial charge in [-0.3, -0.25) is 0 Å². The first-order chi connectivity index (χ1) is 7.46. The summed E-state index contributed by atoms with van der Waals surface area (Å²) in [5.41, 5.74) is 1.76. The summed E-state index contributed by atoms with van der Waals surface area (Å²) in [6, 6.07) is 9.27. The Morgan fingerprint density at radius 2 is 2.06 bits per heavy atom. The molecular weight excluding hydrogens is 309 g/mol. The number of anilines is 1. The molecule has 0 aromatic heterocycles. The SMILES string of the molecule is CC1CC(C)(C)CC1Nc1cccc(I)c1. The summed E-state index contributed by atoms with van der Waals surface area (Å²) in [4.78, 5) is 0. The standard InChI is InChI=1S/C14H20IN/c1-10-8-14(2,3)9-13(10)16-12-6-4-5-11(15)7-12/h4-7,10,13,16H,8-9H2,1-3H3. The van der Waals surface area contributed by atoms with Crippen molar-refractivity contribution in [2.24, 2.45) is 11.3 Å². The highest BCUT2D eigenvalue weighted by Crippen LogP contribution is 2.42. The van der Waals surface area contributed by atoms with Crippen molar-refractivity contribution in [3.8, 4) is 0 Å². The lowest BCUT2D eigenvalue weighted by molar-refractivity contribution is 0.366. The van der Waals surface area contributed by atoms with Crippen LogP contribution in [-0.4, -0.2) is 6.04 Å². The van der Waals surface area contributed by atoms with Crippen LogP contribution in [-0.2, 0) is 0 Å². The second-order valence-corrected chi connectivity index (χ2v) is 7.06. The van der Waals surface area contributed by atoms with E-state index in [0.29, 0.717) is 11.5 Å². The molecule has 2 heteroatoms. The van der Waals surface area contributed by atoms with Crippen LogP contribution in [0.1, 0.15) is 33.6 Å². The van der Waals surface area contributed by atoms with Crippen molar-refractivity contribution in [2.75, 3.05) is 5.32 Å². The molecule has 1 N–H and O–H groups in total. The largest absolute Gasteiger partial charge is 0.382 e. The van der Waals surface area contributed by atoms with Crippen LogP contribution in [0.15, 0.2) is 24.3 Å². The molecule has 0 spiro atoms. The summed E-state index contributed by atoms with van der Waals surface area (Å²) in [5.74, 6) is 0.771. The molecule has 2 unspecified atom stereocenters. The van der Waals surface area contributed by atoms with E-state index in [1.54, 1.807) is 0 Å². The molecule has 88 valence electrons. The van der Waals surface area contributed by atoms with Gasteiger partial charge in [0.25, 0.3) is 0 Å². The molecule has 1 aliphatic rings. The Bertz CT molecular complexity index is 373. The minimum atomic E-state index is 0.499. The fourth-order valence-electron chi connectivity index (χ4n) is 2.88. The first-order valence-electron chi connectivity index (χ1n) is 5.98. The monoisotopic (exact) mass is 329 g/mol. The molecular formula is C14H20IN. The van der Waals surface area contributed by atoms with Gasteiger partial charge >= 0.3 is 0 Å². The maximum atomic E-state index is 3.68. The fraction of sp³-hybridized carbons (Fsp3) is 0.571. The Labute approximate surface area is 112 Å². The van der Waals surface area contributed by atoms with Crippen LogP contribution >= 0.6 is 22.6 Å². The van der Waals surface area contributed by atoms with Crippen LogP contribution in [0, 0.1) is 14.9 Å². The number of halogens is 1. The molecule has 0 heterocycles. The number of hydrogen-bond acceptors (Lipinski definition) is 1. The van der Waals surface area contributed by atoms with Gasteiger partial charge in [-0.2, -0.15) is 0 Å². The molecule has 2 rings (SSSR count). The first-order valence-corrected chi connectivity index (χ1v) is 7.06. The molecule has 16 heavy (non-hydrogen) atoms. The van der Waals surface area contributed by atoms with Gasteiger partial charge in [-0.15, -0.1) is 0 Å². The zero-order valence-corrected chi connectivity index (χ0v) is 12.4. The van der Waals surface area contributed by atoms with Gasteiger partial charge in [-0.1, -0.05) is 26.8 Å². The third-order valence-electron chi connectivity index (χ3n) is 3.51. The highest BCUT2D eigenvalue weighted by Gasteiger charge is 2.36. The van der Waals surface area contributed by atoms with Crippen molar-refractivity contribution in [2.45, 2.75) is 39.7 Å². The van der Waals surface area contributed by atoms with Gasteiger partial charge in [-0.05, 0) is 65.0 Å². The normalized spacial score (nSPS) is 28.0. The maximum absolute atomic E-state index is 3.68. The molecule has 0 bridgehead atoms. The minimum absolute atomic E-state index is 0.499. The van der Waals surface area contributed by atoms with Gasteiger partial charge < -0.3 is 5.32 Å². The molecule has 0 aliphatic heterocycles. The van der Waals surface area contributed by atoms with Gasteiger partial charge in [0.15, 0.2) is 0 Å². The van der Waals surface area contributed by atoms with Crippen LogP contribution in [0.5, 0.6) is 0 Å². The topological polar surface area (TPSA) is 12.0 Å². The summed E-state index contributed by atoms with van der Waals surface area (Å²) in [7, 11) is 0. The average molecular weight is 329 g/mol. The second-order valence-electron chi connectivity index (χ2n) is 5.81. The van der Waals surface area contributed by atoms with Crippen LogP contribution in [0.4, 0.5) is 5.69 Å². The van der Waals surface area contributed by atoms with E-state index in [-0.39, 0.29) is 0 Å². The summed E-state index contributed by atoms with van der Waals surface area (Å²) in [6.07, 6.45) is 2.61. The Kier molecular flexibility index (Phi) is 3.48. The van der Waals surface area contributed by atoms with E-state index in [4.69, 9.17) is 0 Å². The van der Waals surface area contributed by atoms with Crippen LogP contribution < -0.4 is 5.32 Å². The average Bonchev–Trinajstić information content (AvgIpc) is 2.39. The van der Waals surface area contributed by atoms with Crippen molar-refractivity contribution in [1.82, 2.24) is 0 Å². The van der Waals surface area contributed by atoms with E-state index >= 15 is 0 Å². The number of benzene rings is 1. The van der Waals surface area contributed by atoms with Crippen molar-refractivity contribution in [3.05, 3.63) is 27.8 Å². The number of nitrogens with one attached hydrogen (secondary N) is 1. The Balaban J connectivity index is 2.06. The summed E-state index contributed by atoms with van der Waals surface area (Å²) in [6.45, 7) is 7.11. The van der Waals surface area contributed by atoms with Crippen molar-refractivity contribution >= 4 is 28.3 Å². The lowest BCUT2D eigenvalue weighted by atomic mass is 9.91. The summed E-state index contributed by atoms with van der Waals surface area (Å²) >= 11 is 2.36. The summed E-state index contributed by atoms with van der Waals surface area (Å²) in [5, 5.41) is 3.68. The third kappa shape index (κ3) is 2.90. The van der Waals surface area contributed by atoms with Gasteiger partial charge in [0.05, 0.1) is 0 Å². The Morgan fingerprint density at radius 3 is 2.62 bits per heavy atom. The molecule has 1 aromatic carbocycles. The quantitative estimate of drug-likeness (QED) is 0.786. The van der Waals surface area contributed by atoms with E-state index < -0.39 is 0 Å². The van der Waals surface area contributed by atoms with E-state index in [0.717, 1.165) is 5.92 Å². The van der Waals surface area contributed by atoms with E-state index in [1.165, 1.54) is 22.1 Å². The zero-order chi connectivity index (χ0) is 11.8. The molecule has 0 amide bonds. The van der Waals surface area contributed by atoms with Crippen LogP contribution in [0.25, 0.3) is 0 Å². The Morgan fingerprint density at radius 1 is 1.31 bits per heavy atom. The van der Waals surface area contributed by atoms with Gasteiger partial charge in [0.1, 0.15) is 0 Å². The first kappa shape index (κ1) is 12.2. The van der Waals surface area contributed by atoms with E-state index in [2.05, 4.69) is 72.9 Å². The maximum Gasteiger partial charge on any atom is 0.0353 e. The lowest BCUT2D eigenvalue weighted by Crippen LogP contribution is -2.22. The molecule has 1 fully saturated rings. The van der Waals surface area contributed by atoms with Crippen molar-refractivity contribution in [3.63, 3.8) is 0 Å². The van der Waals surface area contributed by atoms with Gasteiger partial charge in [0.2, 0.25) is 0 Å². The highest BCUT2D eigenvalue weighted by atomic mass is 127. The van der Waals surface area contributed by atoms with Crippen LogP contribution in [0.2, 0.25) is 0 Å². The molecule has 1 aliphatic carbocycles. The Hall–Kier alpha value is -0.250. The smallest absolute Gasteiger partial charge is 0.0353 e. The minimum Gasteiger partial charge on any atom is -0.382 e. The van der Waals surface area contributed by atoms with Crippen molar-refractivity contribution in [1.29, 1.82) is 0 Å². The molecule has 0 saturated heterocycles. The van der Waals surface area contributed by atoms with Crippen LogP contribution in [0.3, 0.4) is 0 Å². The molecule has 1 aromatic rings.